The van der Waals surface area contributed by atoms with Crippen LogP contribution in [-0.2, 0) is 4.79 Å². The number of aliphatic hydroxyl groups is 1. The van der Waals surface area contributed by atoms with Crippen LogP contribution in [0.5, 0.6) is 5.75 Å². The number of rotatable bonds is 3. The molecule has 0 unspecified atom stereocenters. The van der Waals surface area contributed by atoms with E-state index in [1.54, 1.807) is 24.3 Å². The van der Waals surface area contributed by atoms with E-state index in [0.29, 0.717) is 22.6 Å². The van der Waals surface area contributed by atoms with Crippen molar-refractivity contribution in [3.63, 3.8) is 0 Å². The number of carbonyl (C=O) groups excluding carboxylic acids is 1. The van der Waals surface area contributed by atoms with E-state index in [9.17, 15) is 9.90 Å². The molecule has 4 bridgehead atoms. The Hall–Kier alpha value is -1.10. The van der Waals surface area contributed by atoms with Crippen LogP contribution in [0.25, 0.3) is 0 Å². The largest absolute Gasteiger partial charge is 0.426 e. The number of allylic oxidation sites excluding steroid dienone is 1. The fourth-order valence-electron chi connectivity index (χ4n) is 5.53. The molecular formula is C19H23ClO3Si. The van der Waals surface area contributed by atoms with Gasteiger partial charge < -0.3 is 9.84 Å². The van der Waals surface area contributed by atoms with Gasteiger partial charge in [0.15, 0.2) is 0 Å². The van der Waals surface area contributed by atoms with Gasteiger partial charge in [0.05, 0.1) is 20.1 Å². The Morgan fingerprint density at radius 1 is 1.33 bits per heavy atom. The number of esters is 1. The van der Waals surface area contributed by atoms with E-state index < -0.39 is 14.2 Å². The number of ether oxygens (including phenoxy) is 1. The first-order valence-corrected chi connectivity index (χ1v) is 12.5. The summed E-state index contributed by atoms with van der Waals surface area (Å²) in [5.74, 6) is 0.770. The molecule has 24 heavy (non-hydrogen) atoms. The number of aliphatic hydroxyl groups excluding tert-OH is 1. The number of hydrogen-bond acceptors (Lipinski definition) is 3. The number of carbonyl (C=O) groups is 1. The van der Waals surface area contributed by atoms with Gasteiger partial charge in [-0.25, -0.2) is 0 Å². The molecule has 5 rings (SSSR count). The van der Waals surface area contributed by atoms with Crippen molar-refractivity contribution in [1.29, 1.82) is 0 Å². The molecule has 0 saturated heterocycles. The summed E-state index contributed by atoms with van der Waals surface area (Å²) < 4.78 is 5.54. The van der Waals surface area contributed by atoms with Gasteiger partial charge in [0.25, 0.3) is 0 Å². The normalized spacial score (nSPS) is 39.5. The number of benzene rings is 1. The molecular weight excluding hydrogens is 340 g/mol. The number of fused-ring (bicyclic) bond motifs is 1. The average molecular weight is 363 g/mol. The highest BCUT2D eigenvalue weighted by molar-refractivity contribution is 6.80. The highest BCUT2D eigenvalue weighted by Gasteiger charge is 2.78. The van der Waals surface area contributed by atoms with Crippen molar-refractivity contribution in [2.24, 2.45) is 23.7 Å². The second kappa shape index (κ2) is 5.20. The van der Waals surface area contributed by atoms with Crippen molar-refractivity contribution in [2.45, 2.75) is 37.2 Å². The molecule has 0 amide bonds. The molecule has 128 valence electrons. The minimum absolute atomic E-state index is 0.0246. The summed E-state index contributed by atoms with van der Waals surface area (Å²) in [5, 5.41) is 11.7. The van der Waals surface area contributed by atoms with Crippen LogP contribution in [0.4, 0.5) is 0 Å². The maximum atomic E-state index is 12.7. The lowest BCUT2D eigenvalue weighted by Gasteiger charge is -2.35. The lowest BCUT2D eigenvalue weighted by Crippen LogP contribution is -2.42. The molecule has 4 aliphatic carbocycles. The summed E-state index contributed by atoms with van der Waals surface area (Å²) in [6.07, 6.45) is 4.70. The van der Waals surface area contributed by atoms with Crippen molar-refractivity contribution in [2.75, 3.05) is 0 Å². The van der Waals surface area contributed by atoms with Crippen LogP contribution in [-0.4, -0.2) is 25.3 Å². The Bertz CT molecular complexity index is 726. The maximum Gasteiger partial charge on any atom is 0.318 e. The average Bonchev–Trinajstić information content (AvgIpc) is 3.10. The van der Waals surface area contributed by atoms with Crippen LogP contribution in [0.15, 0.2) is 36.4 Å². The summed E-state index contributed by atoms with van der Waals surface area (Å²) in [5.41, 5.74) is 0. The monoisotopic (exact) mass is 362 g/mol. The molecule has 0 aromatic heterocycles. The SMILES string of the molecule is C[Si](C)(C)[C@]12[C@H](O)[C@@H]3C[C@H]1[C@H]2C=C[C@@H]3C(=O)Oc1cccc(Cl)c1. The van der Waals surface area contributed by atoms with E-state index >= 15 is 0 Å². The highest BCUT2D eigenvalue weighted by Crippen LogP contribution is 2.81. The standard InChI is InChI=1S/C19H23ClO3Si/c1-24(2,3)19-15-8-7-13(14(17(19)21)10-16(15)19)18(22)23-12-6-4-5-11(20)9-12/h4-9,13-17,21H,10H2,1-3H3/t13-,14+,15+,16-,17+,19-/m0/s1. The van der Waals surface area contributed by atoms with Gasteiger partial charge in [-0.2, -0.15) is 0 Å². The van der Waals surface area contributed by atoms with Crippen molar-refractivity contribution >= 4 is 25.6 Å². The lowest BCUT2D eigenvalue weighted by atomic mass is 9.87. The first-order valence-electron chi connectivity index (χ1n) is 8.60. The summed E-state index contributed by atoms with van der Waals surface area (Å²) >= 11 is 5.96. The van der Waals surface area contributed by atoms with Crippen LogP contribution in [0, 0.1) is 23.7 Å². The first kappa shape index (κ1) is 16.4. The van der Waals surface area contributed by atoms with E-state index in [0.717, 1.165) is 6.42 Å². The molecule has 5 heteroatoms. The van der Waals surface area contributed by atoms with Crippen LogP contribution in [0.2, 0.25) is 29.7 Å². The quantitative estimate of drug-likeness (QED) is 0.380. The molecule has 0 radical (unpaired) electrons. The van der Waals surface area contributed by atoms with Gasteiger partial charge in [-0.3, -0.25) is 4.79 Å². The van der Waals surface area contributed by atoms with Gasteiger partial charge >= 0.3 is 5.97 Å². The molecule has 0 spiro atoms. The highest BCUT2D eigenvalue weighted by atomic mass is 35.5. The van der Waals surface area contributed by atoms with Crippen molar-refractivity contribution in [1.82, 2.24) is 0 Å². The molecule has 1 aromatic rings. The number of halogens is 1. The van der Waals surface area contributed by atoms with E-state index in [1.165, 1.54) is 0 Å². The van der Waals surface area contributed by atoms with Crippen molar-refractivity contribution in [3.8, 4) is 5.75 Å². The third-order valence-corrected chi connectivity index (χ3v) is 10.3. The maximum absolute atomic E-state index is 12.7. The summed E-state index contributed by atoms with van der Waals surface area (Å²) in [4.78, 5) is 12.7. The summed E-state index contributed by atoms with van der Waals surface area (Å²) in [6, 6.07) is 6.88. The van der Waals surface area contributed by atoms with Gasteiger partial charge in [-0.05, 0) is 36.5 Å². The third kappa shape index (κ3) is 2.09. The molecule has 0 heterocycles. The molecule has 4 aliphatic rings. The zero-order chi connectivity index (χ0) is 17.3. The Morgan fingerprint density at radius 2 is 2.08 bits per heavy atom. The fourth-order valence-corrected chi connectivity index (χ4v) is 9.44. The topological polar surface area (TPSA) is 46.5 Å². The number of hydrogen-bond donors (Lipinski definition) is 1. The van der Waals surface area contributed by atoms with Gasteiger partial charge in [-0.1, -0.05) is 49.5 Å². The van der Waals surface area contributed by atoms with Gasteiger partial charge in [0.1, 0.15) is 5.75 Å². The van der Waals surface area contributed by atoms with E-state index in [1.807, 2.05) is 6.08 Å². The predicted octanol–water partition coefficient (Wildman–Crippen LogP) is 4.14. The van der Waals surface area contributed by atoms with Crippen LogP contribution in [0.1, 0.15) is 6.42 Å². The van der Waals surface area contributed by atoms with E-state index in [-0.39, 0.29) is 22.8 Å². The van der Waals surface area contributed by atoms with Crippen molar-refractivity contribution in [3.05, 3.63) is 41.4 Å². The van der Waals surface area contributed by atoms with Gasteiger partial charge in [0.2, 0.25) is 0 Å². The zero-order valence-electron chi connectivity index (χ0n) is 14.2. The molecule has 2 saturated carbocycles. The minimum Gasteiger partial charge on any atom is -0.426 e. The second-order valence-electron chi connectivity index (χ2n) is 8.45. The fraction of sp³-hybridized carbons (Fsp3) is 0.526. The third-order valence-electron chi connectivity index (χ3n) is 6.48. The first-order chi connectivity index (χ1) is 11.3. The lowest BCUT2D eigenvalue weighted by molar-refractivity contribution is -0.140. The molecule has 2 fully saturated rings. The van der Waals surface area contributed by atoms with Crippen molar-refractivity contribution < 1.29 is 14.6 Å². The molecule has 6 atom stereocenters. The Morgan fingerprint density at radius 3 is 2.71 bits per heavy atom. The Balaban J connectivity index is 1.58. The summed E-state index contributed by atoms with van der Waals surface area (Å²) in [7, 11) is -1.54. The zero-order valence-corrected chi connectivity index (χ0v) is 16.0. The van der Waals surface area contributed by atoms with Crippen LogP contribution < -0.4 is 4.74 Å². The molecule has 0 aliphatic heterocycles. The van der Waals surface area contributed by atoms with Gasteiger partial charge in [-0.15, -0.1) is 0 Å². The Kier molecular flexibility index (Phi) is 3.54. The van der Waals surface area contributed by atoms with Gasteiger partial charge in [0, 0.05) is 16.0 Å². The van der Waals surface area contributed by atoms with E-state index in [4.69, 9.17) is 16.3 Å². The Labute approximate surface area is 148 Å². The second-order valence-corrected chi connectivity index (χ2v) is 14.3. The minimum atomic E-state index is -1.54. The van der Waals surface area contributed by atoms with E-state index in [2.05, 4.69) is 25.7 Å². The molecule has 3 nitrogen and oxygen atoms in total. The van der Waals surface area contributed by atoms with Crippen LogP contribution >= 0.6 is 11.6 Å². The predicted molar refractivity (Wildman–Crippen MR) is 96.8 cm³/mol. The smallest absolute Gasteiger partial charge is 0.318 e. The molecule has 1 aromatic carbocycles. The van der Waals surface area contributed by atoms with Crippen LogP contribution in [0.3, 0.4) is 0 Å². The summed E-state index contributed by atoms with van der Waals surface area (Å²) in [6.45, 7) is 7.01. The molecule has 1 N–H and O–H groups in total.